The number of pyridine rings is 1. The largest absolute Gasteiger partial charge is 0.490 e. The lowest BCUT2D eigenvalue weighted by atomic mass is 10.1. The Morgan fingerprint density at radius 2 is 1.82 bits per heavy atom. The second kappa shape index (κ2) is 10.5. The highest BCUT2D eigenvalue weighted by atomic mass is 19.4. The van der Waals surface area contributed by atoms with Crippen LogP contribution >= 0.6 is 0 Å². The van der Waals surface area contributed by atoms with Crippen LogP contribution in [-0.2, 0) is 17.9 Å². The van der Waals surface area contributed by atoms with Gasteiger partial charge in [0, 0.05) is 62.7 Å². The summed E-state index contributed by atoms with van der Waals surface area (Å²) in [7, 11) is 0. The Kier molecular flexibility index (Phi) is 7.53. The lowest BCUT2D eigenvalue weighted by molar-refractivity contribution is -0.192. The molecule has 2 N–H and O–H groups in total. The van der Waals surface area contributed by atoms with Crippen molar-refractivity contribution in [1.29, 1.82) is 0 Å². The molecular weight excluding hydrogens is 443 g/mol. The average molecular weight is 463 g/mol. The van der Waals surface area contributed by atoms with Crippen molar-refractivity contribution in [3.63, 3.8) is 0 Å². The number of anilines is 1. The molecule has 0 bridgehead atoms. The Bertz CT molecular complexity index is 1060. The molecule has 1 aliphatic rings. The van der Waals surface area contributed by atoms with Crippen LogP contribution in [0.3, 0.4) is 0 Å². The second-order valence-electron chi connectivity index (χ2n) is 7.05. The van der Waals surface area contributed by atoms with E-state index >= 15 is 0 Å². The molecule has 0 saturated heterocycles. The minimum absolute atomic E-state index is 0.115. The maximum Gasteiger partial charge on any atom is 0.490 e. The lowest BCUT2D eigenvalue weighted by Gasteiger charge is -2.24. The summed E-state index contributed by atoms with van der Waals surface area (Å²) in [4.78, 5) is 40.5. The summed E-state index contributed by atoms with van der Waals surface area (Å²) < 4.78 is 33.9. The number of carbonyl (C=O) groups is 2. The number of nitrogens with one attached hydrogen (secondary N) is 1. The summed E-state index contributed by atoms with van der Waals surface area (Å²) in [5.41, 5.74) is 0.563. The van der Waals surface area contributed by atoms with Gasteiger partial charge in [-0.15, -0.1) is 0 Å². The van der Waals surface area contributed by atoms with Crippen molar-refractivity contribution in [1.82, 2.24) is 29.8 Å². The number of carbonyl (C=O) groups excluding carboxylic acids is 1. The number of alkyl halides is 3. The summed E-state index contributed by atoms with van der Waals surface area (Å²) in [6.45, 7) is 2.71. The first-order valence-corrected chi connectivity index (χ1v) is 9.74. The molecule has 13 heteroatoms. The zero-order valence-corrected chi connectivity index (χ0v) is 17.2. The molecule has 1 atom stereocenters. The highest BCUT2D eigenvalue weighted by Crippen LogP contribution is 2.19. The van der Waals surface area contributed by atoms with Crippen molar-refractivity contribution < 1.29 is 27.9 Å². The second-order valence-corrected chi connectivity index (χ2v) is 7.05. The molecule has 1 aliphatic heterocycles. The van der Waals surface area contributed by atoms with Crippen molar-refractivity contribution >= 4 is 17.8 Å². The monoisotopic (exact) mass is 463 g/mol. The number of hydrogen-bond acceptors (Lipinski definition) is 7. The Morgan fingerprint density at radius 1 is 1.09 bits per heavy atom. The summed E-state index contributed by atoms with van der Waals surface area (Å²) >= 11 is 0. The van der Waals surface area contributed by atoms with Gasteiger partial charge in [0.05, 0.1) is 12.1 Å². The number of halogens is 3. The quantitative estimate of drug-likeness (QED) is 0.600. The van der Waals surface area contributed by atoms with E-state index in [1.165, 1.54) is 0 Å². The fourth-order valence-corrected chi connectivity index (χ4v) is 3.11. The summed E-state index contributed by atoms with van der Waals surface area (Å²) in [5, 5.41) is 10.1. The maximum absolute atomic E-state index is 12.3. The van der Waals surface area contributed by atoms with Crippen LogP contribution in [0.15, 0.2) is 55.4 Å². The lowest BCUT2D eigenvalue weighted by Crippen LogP contribution is -2.37. The Morgan fingerprint density at radius 3 is 2.45 bits per heavy atom. The number of amides is 1. The standard InChI is InChI=1S/C18H19N7O.C2HF3O2/c26-17(15-3-1-4-19-10-15)23-9-14-11-24-8-7-20-16(24)13-25(12-14)18-21-5-2-6-22-18;3-2(4,5)1(6)7/h1-8,10,14H,9,11-13H2,(H,23,26);(H,6,7). The molecule has 33 heavy (non-hydrogen) atoms. The molecule has 0 aromatic carbocycles. The molecule has 4 rings (SSSR count). The van der Waals surface area contributed by atoms with Crippen molar-refractivity contribution in [3.05, 3.63) is 66.8 Å². The van der Waals surface area contributed by atoms with Gasteiger partial charge in [0.25, 0.3) is 5.91 Å². The summed E-state index contributed by atoms with van der Waals surface area (Å²) in [6, 6.07) is 5.31. The van der Waals surface area contributed by atoms with Crippen molar-refractivity contribution in [2.75, 3.05) is 18.0 Å². The number of fused-ring (bicyclic) bond motifs is 1. The molecule has 0 radical (unpaired) electrons. The van der Waals surface area contributed by atoms with E-state index < -0.39 is 12.1 Å². The summed E-state index contributed by atoms with van der Waals surface area (Å²) in [5.74, 6) is -1.02. The Labute approximate surface area is 186 Å². The fourth-order valence-electron chi connectivity index (χ4n) is 3.11. The third kappa shape index (κ3) is 6.72. The first kappa shape index (κ1) is 23.6. The molecule has 3 aromatic heterocycles. The predicted molar refractivity (Wildman–Crippen MR) is 109 cm³/mol. The van der Waals surface area contributed by atoms with E-state index in [1.807, 2.05) is 6.20 Å². The third-order valence-corrected chi connectivity index (χ3v) is 4.62. The number of nitrogens with zero attached hydrogens (tertiary/aromatic N) is 6. The van der Waals surface area contributed by atoms with Crippen molar-refractivity contribution in [2.24, 2.45) is 5.92 Å². The van der Waals surface area contributed by atoms with Crippen LogP contribution in [-0.4, -0.2) is 60.8 Å². The molecule has 3 aromatic rings. The number of aromatic nitrogens is 5. The van der Waals surface area contributed by atoms with Crippen LogP contribution in [0.2, 0.25) is 0 Å². The van der Waals surface area contributed by atoms with Gasteiger partial charge in [-0.3, -0.25) is 9.78 Å². The minimum atomic E-state index is -5.08. The normalized spacial score (nSPS) is 15.5. The van der Waals surface area contributed by atoms with Gasteiger partial charge in [0.1, 0.15) is 5.82 Å². The van der Waals surface area contributed by atoms with Gasteiger partial charge in [-0.25, -0.2) is 19.7 Å². The predicted octanol–water partition coefficient (Wildman–Crippen LogP) is 1.77. The molecule has 174 valence electrons. The fraction of sp³-hybridized carbons (Fsp3) is 0.300. The highest BCUT2D eigenvalue weighted by molar-refractivity contribution is 5.93. The van der Waals surface area contributed by atoms with E-state index in [1.54, 1.807) is 49.2 Å². The van der Waals surface area contributed by atoms with Crippen LogP contribution in [0.4, 0.5) is 19.1 Å². The number of imidazole rings is 1. The molecule has 4 heterocycles. The van der Waals surface area contributed by atoms with Gasteiger partial charge in [-0.05, 0) is 18.2 Å². The van der Waals surface area contributed by atoms with E-state index in [9.17, 15) is 18.0 Å². The molecule has 0 saturated carbocycles. The van der Waals surface area contributed by atoms with Crippen molar-refractivity contribution in [2.45, 2.75) is 19.3 Å². The zero-order chi connectivity index (χ0) is 23.8. The summed E-state index contributed by atoms with van der Waals surface area (Å²) in [6.07, 6.45) is 5.38. The molecule has 0 aliphatic carbocycles. The van der Waals surface area contributed by atoms with Gasteiger partial charge in [0.15, 0.2) is 0 Å². The van der Waals surface area contributed by atoms with Crippen LogP contribution in [0.25, 0.3) is 0 Å². The number of carboxylic acids is 1. The van der Waals surface area contributed by atoms with Crippen LogP contribution in [0, 0.1) is 5.92 Å². The zero-order valence-electron chi connectivity index (χ0n) is 17.2. The maximum atomic E-state index is 12.3. The van der Waals surface area contributed by atoms with Gasteiger partial charge < -0.3 is 19.9 Å². The topological polar surface area (TPSA) is 126 Å². The number of carboxylic acid groups (broad SMARTS) is 1. The van der Waals surface area contributed by atoms with E-state index in [0.717, 1.165) is 18.9 Å². The first-order valence-electron chi connectivity index (χ1n) is 9.74. The third-order valence-electron chi connectivity index (χ3n) is 4.62. The Balaban J connectivity index is 0.000000383. The number of hydrogen-bond donors (Lipinski definition) is 2. The molecule has 0 spiro atoms. The van der Waals surface area contributed by atoms with Crippen LogP contribution in [0.5, 0.6) is 0 Å². The smallest absolute Gasteiger partial charge is 0.475 e. The number of rotatable bonds is 4. The minimum Gasteiger partial charge on any atom is -0.475 e. The van der Waals surface area contributed by atoms with Gasteiger partial charge in [-0.2, -0.15) is 13.2 Å². The van der Waals surface area contributed by atoms with E-state index in [-0.39, 0.29) is 11.8 Å². The van der Waals surface area contributed by atoms with Crippen molar-refractivity contribution in [3.8, 4) is 0 Å². The van der Waals surface area contributed by atoms with E-state index in [4.69, 9.17) is 9.90 Å². The van der Waals surface area contributed by atoms with Gasteiger partial charge in [0.2, 0.25) is 5.95 Å². The number of aliphatic carboxylic acids is 1. The first-order chi connectivity index (χ1) is 15.7. The average Bonchev–Trinajstić information content (AvgIpc) is 3.16. The Hall–Kier alpha value is -4.03. The van der Waals surface area contributed by atoms with E-state index in [0.29, 0.717) is 24.6 Å². The molecule has 10 nitrogen and oxygen atoms in total. The SMILES string of the molecule is O=C(NCC1CN(c2ncccn2)Cc2nccn2C1)c1cccnc1.O=C(O)C(F)(F)F. The molecule has 1 amide bonds. The van der Waals surface area contributed by atoms with E-state index in [2.05, 4.69) is 34.7 Å². The molecule has 1 unspecified atom stereocenters. The molecular formula is C20H20F3N7O3. The van der Waals surface area contributed by atoms with Gasteiger partial charge in [-0.1, -0.05) is 0 Å². The highest BCUT2D eigenvalue weighted by Gasteiger charge is 2.38. The van der Waals surface area contributed by atoms with Gasteiger partial charge >= 0.3 is 12.1 Å². The van der Waals surface area contributed by atoms with Crippen LogP contribution in [0.1, 0.15) is 16.2 Å². The van der Waals surface area contributed by atoms with Crippen LogP contribution < -0.4 is 10.2 Å². The molecule has 0 fully saturated rings.